The highest BCUT2D eigenvalue weighted by Crippen LogP contribution is 2.38. The van der Waals surface area contributed by atoms with E-state index in [1.165, 1.54) is 23.2 Å². The lowest BCUT2D eigenvalue weighted by atomic mass is 9.89. The van der Waals surface area contributed by atoms with Crippen LogP contribution in [0.25, 0.3) is 22.3 Å². The van der Waals surface area contributed by atoms with Crippen LogP contribution in [0.4, 0.5) is 5.82 Å². The Labute approximate surface area is 195 Å². The van der Waals surface area contributed by atoms with E-state index < -0.39 is 0 Å². The first kappa shape index (κ1) is 22.0. The monoisotopic (exact) mass is 446 g/mol. The molecule has 33 heavy (non-hydrogen) atoms. The predicted molar refractivity (Wildman–Crippen MR) is 133 cm³/mol. The van der Waals surface area contributed by atoms with Crippen LogP contribution in [-0.2, 0) is 4.74 Å². The fraction of sp³-hybridized carbons (Fsp3) is 0.500. The highest BCUT2D eigenvalue weighted by atomic mass is 16.5. The molecule has 0 bridgehead atoms. The summed E-state index contributed by atoms with van der Waals surface area (Å²) in [4.78, 5) is 20.2. The van der Waals surface area contributed by atoms with Crippen molar-refractivity contribution in [2.24, 2.45) is 10.7 Å². The lowest BCUT2D eigenvalue weighted by Crippen LogP contribution is -2.51. The van der Waals surface area contributed by atoms with E-state index in [2.05, 4.69) is 52.8 Å². The van der Waals surface area contributed by atoms with Crippen LogP contribution in [0.1, 0.15) is 60.9 Å². The third-order valence-corrected chi connectivity index (χ3v) is 7.20. The highest BCUT2D eigenvalue weighted by molar-refractivity contribution is 5.89. The van der Waals surface area contributed by atoms with Gasteiger partial charge in [0.2, 0.25) is 0 Å². The number of H-pyrrole nitrogens is 1. The van der Waals surface area contributed by atoms with Gasteiger partial charge in [0.05, 0.1) is 42.3 Å². The molecule has 0 saturated carbocycles. The molecule has 0 radical (unpaired) electrons. The van der Waals surface area contributed by atoms with Crippen molar-refractivity contribution < 1.29 is 4.74 Å². The number of likely N-dealkylation sites (tertiary alicyclic amines) is 1. The topological polar surface area (TPSA) is 92.4 Å². The van der Waals surface area contributed by atoms with Gasteiger partial charge in [0, 0.05) is 28.9 Å². The number of aryl methyl sites for hydroxylation is 2. The first-order chi connectivity index (χ1) is 16.0. The Kier molecular flexibility index (Phi) is 5.93. The minimum Gasteiger partial charge on any atom is -0.390 e. The second kappa shape index (κ2) is 8.88. The van der Waals surface area contributed by atoms with E-state index in [0.29, 0.717) is 23.7 Å². The SMILES string of the molecule is Cc1cc(-c2[nH]c3cc(C)c(C4CCN(C5COC5)CC4)nc3c2C(C)C)cnc1N=CN. The van der Waals surface area contributed by atoms with Gasteiger partial charge in [-0.15, -0.1) is 0 Å². The Hall–Kier alpha value is -2.77. The van der Waals surface area contributed by atoms with E-state index in [1.807, 2.05) is 13.1 Å². The first-order valence-corrected chi connectivity index (χ1v) is 12.0. The number of hydrogen-bond donors (Lipinski definition) is 2. The number of aliphatic imine (C=N–C) groups is 1. The number of nitrogens with one attached hydrogen (secondary N) is 1. The number of pyridine rings is 2. The Morgan fingerprint density at radius 1 is 1.18 bits per heavy atom. The van der Waals surface area contributed by atoms with Crippen molar-refractivity contribution in [1.82, 2.24) is 19.9 Å². The maximum atomic E-state index is 5.46. The molecule has 0 atom stereocenters. The van der Waals surface area contributed by atoms with Gasteiger partial charge < -0.3 is 15.5 Å². The van der Waals surface area contributed by atoms with Crippen molar-refractivity contribution in [3.8, 4) is 11.3 Å². The smallest absolute Gasteiger partial charge is 0.156 e. The molecule has 5 rings (SSSR count). The van der Waals surface area contributed by atoms with Crippen molar-refractivity contribution in [1.29, 1.82) is 0 Å². The Bertz CT molecular complexity index is 1190. The lowest BCUT2D eigenvalue weighted by molar-refractivity contribution is -0.0713. The van der Waals surface area contributed by atoms with Crippen molar-refractivity contribution in [2.75, 3.05) is 26.3 Å². The summed E-state index contributed by atoms with van der Waals surface area (Å²) in [5, 5.41) is 0. The molecule has 2 fully saturated rings. The van der Waals surface area contributed by atoms with Crippen molar-refractivity contribution in [2.45, 2.75) is 58.4 Å². The van der Waals surface area contributed by atoms with E-state index in [1.54, 1.807) is 0 Å². The van der Waals surface area contributed by atoms with E-state index in [9.17, 15) is 0 Å². The molecule has 3 N–H and O–H groups in total. The minimum absolute atomic E-state index is 0.333. The van der Waals surface area contributed by atoms with Gasteiger partial charge in [0.25, 0.3) is 0 Å². The highest BCUT2D eigenvalue weighted by Gasteiger charge is 2.31. The predicted octanol–water partition coefficient (Wildman–Crippen LogP) is 4.56. The number of aromatic nitrogens is 3. The fourth-order valence-corrected chi connectivity index (χ4v) is 5.33. The lowest BCUT2D eigenvalue weighted by Gasteiger charge is -2.41. The fourth-order valence-electron chi connectivity index (χ4n) is 5.33. The molecule has 0 aromatic carbocycles. The summed E-state index contributed by atoms with van der Waals surface area (Å²) in [5.74, 6) is 1.50. The summed E-state index contributed by atoms with van der Waals surface area (Å²) in [6, 6.07) is 5.04. The zero-order valence-electron chi connectivity index (χ0n) is 20.1. The maximum absolute atomic E-state index is 5.46. The Balaban J connectivity index is 1.51. The average molecular weight is 447 g/mol. The molecule has 7 heteroatoms. The summed E-state index contributed by atoms with van der Waals surface area (Å²) in [6.45, 7) is 12.7. The molecule has 0 spiro atoms. The van der Waals surface area contributed by atoms with Crippen LogP contribution >= 0.6 is 0 Å². The maximum Gasteiger partial charge on any atom is 0.156 e. The van der Waals surface area contributed by atoms with Gasteiger partial charge in [0.1, 0.15) is 0 Å². The molecular formula is C26H34N6O. The molecule has 174 valence electrons. The standard InChI is InChI=1S/C26H34N6O/c1-15(2)22-24(19-9-17(4)26(28-11-19)29-14-27)30-21-10-16(3)23(31-25(21)22)18-5-7-32(8-6-18)20-12-33-13-20/h9-11,14-15,18,20,30H,5-8,12-13H2,1-4H3,(H2,27,28,29). The van der Waals surface area contributed by atoms with Gasteiger partial charge in [-0.25, -0.2) is 9.98 Å². The first-order valence-electron chi connectivity index (χ1n) is 12.0. The van der Waals surface area contributed by atoms with Crippen LogP contribution in [0.2, 0.25) is 0 Å². The number of nitrogens with two attached hydrogens (primary N) is 1. The van der Waals surface area contributed by atoms with Crippen LogP contribution in [0.3, 0.4) is 0 Å². The molecule has 0 aliphatic carbocycles. The van der Waals surface area contributed by atoms with Crippen molar-refractivity contribution in [3.05, 3.63) is 40.7 Å². The normalized spacial score (nSPS) is 18.6. The zero-order valence-corrected chi connectivity index (χ0v) is 20.1. The van der Waals surface area contributed by atoms with Gasteiger partial charge in [-0.05, 0) is 69.0 Å². The van der Waals surface area contributed by atoms with Gasteiger partial charge in [-0.3, -0.25) is 9.88 Å². The molecular weight excluding hydrogens is 412 g/mol. The average Bonchev–Trinajstić information content (AvgIpc) is 3.12. The third-order valence-electron chi connectivity index (χ3n) is 7.20. The summed E-state index contributed by atoms with van der Waals surface area (Å²) >= 11 is 0. The summed E-state index contributed by atoms with van der Waals surface area (Å²) in [7, 11) is 0. The second-order valence-corrected chi connectivity index (χ2v) is 9.80. The quantitative estimate of drug-likeness (QED) is 0.443. The third kappa shape index (κ3) is 4.04. The second-order valence-electron chi connectivity index (χ2n) is 9.80. The minimum atomic E-state index is 0.333. The molecule has 0 unspecified atom stereocenters. The summed E-state index contributed by atoms with van der Waals surface area (Å²) in [5.41, 5.74) is 14.6. The molecule has 0 amide bonds. The van der Waals surface area contributed by atoms with Crippen LogP contribution < -0.4 is 5.73 Å². The van der Waals surface area contributed by atoms with E-state index in [0.717, 1.165) is 67.0 Å². The van der Waals surface area contributed by atoms with Crippen LogP contribution in [0, 0.1) is 13.8 Å². The molecule has 3 aromatic heterocycles. The van der Waals surface area contributed by atoms with Crippen molar-refractivity contribution >= 4 is 23.2 Å². The van der Waals surface area contributed by atoms with Gasteiger partial charge in [0.15, 0.2) is 5.82 Å². The number of aromatic amines is 1. The van der Waals surface area contributed by atoms with Crippen LogP contribution in [-0.4, -0.2) is 58.5 Å². The van der Waals surface area contributed by atoms with Crippen molar-refractivity contribution in [3.63, 3.8) is 0 Å². The largest absolute Gasteiger partial charge is 0.390 e. The van der Waals surface area contributed by atoms with Gasteiger partial charge in [-0.2, -0.15) is 0 Å². The Morgan fingerprint density at radius 3 is 2.55 bits per heavy atom. The van der Waals surface area contributed by atoms with E-state index >= 15 is 0 Å². The van der Waals surface area contributed by atoms with Gasteiger partial charge >= 0.3 is 0 Å². The summed E-state index contributed by atoms with van der Waals surface area (Å²) in [6.07, 6.45) is 5.49. The van der Waals surface area contributed by atoms with Crippen LogP contribution in [0.5, 0.6) is 0 Å². The molecule has 2 saturated heterocycles. The number of nitrogens with zero attached hydrogens (tertiary/aromatic N) is 4. The van der Waals surface area contributed by atoms with E-state index in [4.69, 9.17) is 15.5 Å². The summed E-state index contributed by atoms with van der Waals surface area (Å²) < 4.78 is 5.39. The molecule has 7 nitrogen and oxygen atoms in total. The molecule has 3 aromatic rings. The molecule has 2 aliphatic heterocycles. The number of hydrogen-bond acceptors (Lipinski definition) is 5. The zero-order chi connectivity index (χ0) is 23.1. The number of ether oxygens (including phenoxy) is 1. The number of piperidine rings is 1. The molecule has 5 heterocycles. The molecule has 2 aliphatic rings. The number of rotatable bonds is 5. The van der Waals surface area contributed by atoms with Gasteiger partial charge in [-0.1, -0.05) is 13.8 Å². The van der Waals surface area contributed by atoms with E-state index in [-0.39, 0.29) is 0 Å². The van der Waals surface area contributed by atoms with Crippen LogP contribution in [0.15, 0.2) is 23.3 Å². The Morgan fingerprint density at radius 2 is 1.94 bits per heavy atom. The number of fused-ring (bicyclic) bond motifs is 1.